The standard InChI is InChI=1S/C12H18N4O2S/c1-4-15(3)19(17,18)13-8-11-9-16-7-5-6-10(2)12(16)14-11/h5-7,9,13H,4,8H2,1-3H3. The number of hydrogen-bond acceptors (Lipinski definition) is 3. The second-order valence-electron chi connectivity index (χ2n) is 4.39. The van der Waals surface area contributed by atoms with Crippen molar-refractivity contribution in [2.45, 2.75) is 20.4 Å². The quantitative estimate of drug-likeness (QED) is 0.887. The van der Waals surface area contributed by atoms with Gasteiger partial charge in [0.15, 0.2) is 0 Å². The van der Waals surface area contributed by atoms with Crippen LogP contribution in [-0.4, -0.2) is 35.7 Å². The van der Waals surface area contributed by atoms with Crippen molar-refractivity contribution >= 4 is 15.9 Å². The number of nitrogens with zero attached hydrogens (tertiary/aromatic N) is 3. The molecule has 1 N–H and O–H groups in total. The summed E-state index contributed by atoms with van der Waals surface area (Å²) in [6.45, 7) is 4.38. The first-order chi connectivity index (χ1) is 8.94. The van der Waals surface area contributed by atoms with Gasteiger partial charge in [0, 0.05) is 26.0 Å². The summed E-state index contributed by atoms with van der Waals surface area (Å²) in [5, 5.41) is 0. The van der Waals surface area contributed by atoms with Crippen LogP contribution in [0.5, 0.6) is 0 Å². The maximum Gasteiger partial charge on any atom is 0.279 e. The molecule has 0 aliphatic carbocycles. The number of imidazole rings is 1. The third-order valence-electron chi connectivity index (χ3n) is 3.02. The Morgan fingerprint density at radius 3 is 2.84 bits per heavy atom. The summed E-state index contributed by atoms with van der Waals surface area (Å²) in [7, 11) is -1.88. The average molecular weight is 282 g/mol. The summed E-state index contributed by atoms with van der Waals surface area (Å²) < 4.78 is 29.3. The van der Waals surface area contributed by atoms with E-state index in [2.05, 4.69) is 9.71 Å². The van der Waals surface area contributed by atoms with Crippen molar-refractivity contribution in [2.75, 3.05) is 13.6 Å². The molecule has 6 nitrogen and oxygen atoms in total. The predicted molar refractivity (Wildman–Crippen MR) is 74.0 cm³/mol. The van der Waals surface area contributed by atoms with E-state index >= 15 is 0 Å². The van der Waals surface area contributed by atoms with Crippen molar-refractivity contribution in [3.8, 4) is 0 Å². The lowest BCUT2D eigenvalue weighted by molar-refractivity contribution is 0.473. The number of aryl methyl sites for hydroxylation is 1. The largest absolute Gasteiger partial charge is 0.307 e. The fourth-order valence-electron chi connectivity index (χ4n) is 1.73. The molecule has 0 amide bonds. The Balaban J connectivity index is 2.17. The van der Waals surface area contributed by atoms with Crippen LogP contribution in [0, 0.1) is 6.92 Å². The molecule has 0 saturated heterocycles. The molecule has 19 heavy (non-hydrogen) atoms. The molecule has 0 bridgehead atoms. The first-order valence-corrected chi connectivity index (χ1v) is 7.52. The lowest BCUT2D eigenvalue weighted by Gasteiger charge is -2.14. The van der Waals surface area contributed by atoms with E-state index in [0.717, 1.165) is 11.2 Å². The van der Waals surface area contributed by atoms with E-state index < -0.39 is 10.2 Å². The molecule has 0 radical (unpaired) electrons. The van der Waals surface area contributed by atoms with E-state index in [-0.39, 0.29) is 6.54 Å². The van der Waals surface area contributed by atoms with Gasteiger partial charge in [0.25, 0.3) is 10.2 Å². The van der Waals surface area contributed by atoms with E-state index in [4.69, 9.17) is 0 Å². The Morgan fingerprint density at radius 1 is 1.47 bits per heavy atom. The summed E-state index contributed by atoms with van der Waals surface area (Å²) in [6.07, 6.45) is 3.72. The van der Waals surface area contributed by atoms with Crippen molar-refractivity contribution in [3.63, 3.8) is 0 Å². The molecule has 0 aliphatic heterocycles. The molecule has 104 valence electrons. The SMILES string of the molecule is CCN(C)S(=O)(=O)NCc1cn2cccc(C)c2n1. The van der Waals surface area contributed by atoms with Gasteiger partial charge in [0.05, 0.1) is 12.2 Å². The molecule has 0 spiro atoms. The van der Waals surface area contributed by atoms with E-state index in [1.54, 1.807) is 6.92 Å². The van der Waals surface area contributed by atoms with Gasteiger partial charge in [0.1, 0.15) is 5.65 Å². The molecular formula is C12H18N4O2S. The fraction of sp³-hybridized carbons (Fsp3) is 0.417. The summed E-state index contributed by atoms with van der Waals surface area (Å²) in [5.74, 6) is 0. The van der Waals surface area contributed by atoms with E-state index in [9.17, 15) is 8.42 Å². The van der Waals surface area contributed by atoms with Gasteiger partial charge >= 0.3 is 0 Å². The van der Waals surface area contributed by atoms with Crippen LogP contribution in [0.3, 0.4) is 0 Å². The molecule has 2 heterocycles. The highest BCUT2D eigenvalue weighted by atomic mass is 32.2. The number of fused-ring (bicyclic) bond motifs is 1. The normalized spacial score (nSPS) is 12.4. The number of rotatable bonds is 5. The van der Waals surface area contributed by atoms with Crippen molar-refractivity contribution in [1.82, 2.24) is 18.4 Å². The van der Waals surface area contributed by atoms with Crippen molar-refractivity contribution < 1.29 is 8.42 Å². The first-order valence-electron chi connectivity index (χ1n) is 6.08. The summed E-state index contributed by atoms with van der Waals surface area (Å²) >= 11 is 0. The van der Waals surface area contributed by atoms with Gasteiger partial charge in [-0.25, -0.2) is 4.98 Å². The van der Waals surface area contributed by atoms with Crippen LogP contribution >= 0.6 is 0 Å². The second-order valence-corrected chi connectivity index (χ2v) is 6.26. The number of nitrogens with one attached hydrogen (secondary N) is 1. The zero-order chi connectivity index (χ0) is 14.0. The van der Waals surface area contributed by atoms with E-state index in [1.807, 2.05) is 35.9 Å². The molecule has 0 unspecified atom stereocenters. The highest BCUT2D eigenvalue weighted by molar-refractivity contribution is 7.87. The van der Waals surface area contributed by atoms with Crippen LogP contribution in [0.25, 0.3) is 5.65 Å². The topological polar surface area (TPSA) is 66.7 Å². The van der Waals surface area contributed by atoms with Gasteiger partial charge in [-0.1, -0.05) is 13.0 Å². The fourth-order valence-corrected chi connectivity index (χ4v) is 2.63. The summed E-state index contributed by atoms with van der Waals surface area (Å²) in [5.41, 5.74) is 2.60. The first kappa shape index (κ1) is 14.0. The van der Waals surface area contributed by atoms with Crippen molar-refractivity contribution in [3.05, 3.63) is 35.8 Å². The third kappa shape index (κ3) is 2.94. The Morgan fingerprint density at radius 2 is 2.21 bits per heavy atom. The second kappa shape index (κ2) is 5.28. The molecule has 0 fully saturated rings. The van der Waals surface area contributed by atoms with Gasteiger partial charge in [0.2, 0.25) is 0 Å². The van der Waals surface area contributed by atoms with Crippen molar-refractivity contribution in [2.24, 2.45) is 0 Å². The van der Waals surface area contributed by atoms with Crippen LogP contribution in [-0.2, 0) is 16.8 Å². The zero-order valence-corrected chi connectivity index (χ0v) is 12.1. The molecule has 0 saturated carbocycles. The Hall–Kier alpha value is -1.44. The minimum Gasteiger partial charge on any atom is -0.307 e. The maximum atomic E-state index is 11.8. The monoisotopic (exact) mass is 282 g/mol. The minimum absolute atomic E-state index is 0.188. The van der Waals surface area contributed by atoms with Crippen molar-refractivity contribution in [1.29, 1.82) is 0 Å². The lowest BCUT2D eigenvalue weighted by atomic mass is 10.3. The highest BCUT2D eigenvalue weighted by Crippen LogP contribution is 2.10. The third-order valence-corrected chi connectivity index (χ3v) is 4.61. The van der Waals surface area contributed by atoms with Crippen LogP contribution in [0.4, 0.5) is 0 Å². The number of aromatic nitrogens is 2. The molecule has 0 atom stereocenters. The molecule has 2 rings (SSSR count). The predicted octanol–water partition coefficient (Wildman–Crippen LogP) is 0.929. The highest BCUT2D eigenvalue weighted by Gasteiger charge is 2.15. The Bertz CT molecular complexity index is 678. The van der Waals surface area contributed by atoms with Crippen LogP contribution < -0.4 is 4.72 Å². The summed E-state index contributed by atoms with van der Waals surface area (Å²) in [6, 6.07) is 3.91. The molecule has 2 aromatic heterocycles. The smallest absolute Gasteiger partial charge is 0.279 e. The van der Waals surface area contributed by atoms with Gasteiger partial charge in [-0.15, -0.1) is 0 Å². The summed E-state index contributed by atoms with van der Waals surface area (Å²) in [4.78, 5) is 4.42. The zero-order valence-electron chi connectivity index (χ0n) is 11.3. The van der Waals surface area contributed by atoms with E-state index in [1.165, 1.54) is 11.4 Å². The van der Waals surface area contributed by atoms with Crippen LogP contribution in [0.2, 0.25) is 0 Å². The number of pyridine rings is 1. The minimum atomic E-state index is -3.42. The van der Waals surface area contributed by atoms with Gasteiger partial charge in [-0.2, -0.15) is 17.4 Å². The maximum absolute atomic E-state index is 11.8. The van der Waals surface area contributed by atoms with Gasteiger partial charge in [-0.05, 0) is 18.6 Å². The molecule has 2 aromatic rings. The van der Waals surface area contributed by atoms with Crippen LogP contribution in [0.15, 0.2) is 24.5 Å². The molecular weight excluding hydrogens is 264 g/mol. The molecule has 0 aromatic carbocycles. The molecule has 7 heteroatoms. The Kier molecular flexibility index (Phi) is 3.88. The average Bonchev–Trinajstić information content (AvgIpc) is 2.80. The number of hydrogen-bond donors (Lipinski definition) is 1. The Labute approximate surface area is 113 Å². The van der Waals surface area contributed by atoms with Crippen LogP contribution in [0.1, 0.15) is 18.2 Å². The lowest BCUT2D eigenvalue weighted by Crippen LogP contribution is -2.37. The van der Waals surface area contributed by atoms with Gasteiger partial charge in [-0.3, -0.25) is 0 Å². The molecule has 0 aliphatic rings. The van der Waals surface area contributed by atoms with E-state index in [0.29, 0.717) is 12.2 Å². The van der Waals surface area contributed by atoms with Gasteiger partial charge < -0.3 is 4.40 Å².